The molecule has 2 N–H and O–H groups in total. The zero-order chi connectivity index (χ0) is 21.0. The minimum Gasteiger partial charge on any atom is -0.316 e. The third kappa shape index (κ3) is 5.09. The Labute approximate surface area is 172 Å². The molecule has 0 saturated carbocycles. The minimum absolute atomic E-state index is 0.202. The summed E-state index contributed by atoms with van der Waals surface area (Å²) in [5, 5.41) is 0. The summed E-state index contributed by atoms with van der Waals surface area (Å²) in [7, 11) is 0. The summed E-state index contributed by atoms with van der Waals surface area (Å²) in [6.07, 6.45) is 0.717. The van der Waals surface area contributed by atoms with E-state index in [1.807, 2.05) is 32.0 Å². The van der Waals surface area contributed by atoms with Crippen molar-refractivity contribution in [2.45, 2.75) is 33.2 Å². The number of benzene rings is 3. The molecule has 150 valence electrons. The van der Waals surface area contributed by atoms with Gasteiger partial charge in [-0.1, -0.05) is 48.0 Å². The number of amides is 1. The molecule has 1 amide bonds. The second-order valence-electron chi connectivity index (χ2n) is 7.52. The molecular weight excluding hydrogens is 363 g/mol. The van der Waals surface area contributed by atoms with E-state index in [1.165, 1.54) is 23.3 Å². The Morgan fingerprint density at radius 2 is 1.59 bits per heavy atom. The monoisotopic (exact) mass is 390 g/mol. The van der Waals surface area contributed by atoms with Gasteiger partial charge < -0.3 is 10.6 Å². The fourth-order valence-electron chi connectivity index (χ4n) is 3.24. The van der Waals surface area contributed by atoms with E-state index in [0.29, 0.717) is 12.1 Å². The van der Waals surface area contributed by atoms with Crippen LogP contribution in [0, 0.1) is 26.6 Å². The predicted octanol–water partition coefficient (Wildman–Crippen LogP) is 5.03. The number of nitrogens with zero attached hydrogens (tertiary/aromatic N) is 1. The highest BCUT2D eigenvalue weighted by Gasteiger charge is 2.24. The molecule has 0 fully saturated rings. The first-order chi connectivity index (χ1) is 13.8. The van der Waals surface area contributed by atoms with Gasteiger partial charge in [-0.3, -0.25) is 4.79 Å². The lowest BCUT2D eigenvalue weighted by Crippen LogP contribution is -2.40. The molecule has 29 heavy (non-hydrogen) atoms. The normalized spacial score (nSPS) is 11.9. The highest BCUT2D eigenvalue weighted by atomic mass is 19.1. The van der Waals surface area contributed by atoms with Crippen LogP contribution in [0.3, 0.4) is 0 Å². The molecule has 0 aliphatic rings. The van der Waals surface area contributed by atoms with Crippen LogP contribution in [-0.2, 0) is 11.2 Å². The van der Waals surface area contributed by atoms with Crippen LogP contribution in [0.5, 0.6) is 0 Å². The van der Waals surface area contributed by atoms with Gasteiger partial charge in [0.15, 0.2) is 0 Å². The molecule has 0 heterocycles. The number of rotatable bonds is 6. The Balaban J connectivity index is 1.88. The number of hydrogen-bond donors (Lipinski definition) is 1. The van der Waals surface area contributed by atoms with E-state index in [0.717, 1.165) is 23.2 Å². The molecule has 0 radical (unpaired) electrons. The molecule has 3 nitrogen and oxygen atoms in total. The average molecular weight is 391 g/mol. The maximum Gasteiger partial charge on any atom is 0.248 e. The third-order valence-corrected chi connectivity index (χ3v) is 5.31. The zero-order valence-electron chi connectivity index (χ0n) is 17.2. The number of nitrogens with two attached hydrogens (primary N) is 1. The van der Waals surface area contributed by atoms with Gasteiger partial charge in [-0.25, -0.2) is 4.39 Å². The maximum absolute atomic E-state index is 13.3. The fraction of sp³-hybridized carbons (Fsp3) is 0.240. The van der Waals surface area contributed by atoms with E-state index in [2.05, 4.69) is 31.2 Å². The Kier molecular flexibility index (Phi) is 6.45. The lowest BCUT2D eigenvalue weighted by molar-refractivity contribution is -0.120. The van der Waals surface area contributed by atoms with E-state index in [-0.39, 0.29) is 11.7 Å². The first-order valence-electron chi connectivity index (χ1n) is 9.80. The van der Waals surface area contributed by atoms with E-state index >= 15 is 0 Å². The largest absolute Gasteiger partial charge is 0.316 e. The van der Waals surface area contributed by atoms with Crippen LogP contribution in [0.4, 0.5) is 10.1 Å². The van der Waals surface area contributed by atoms with Crippen molar-refractivity contribution in [2.75, 3.05) is 11.4 Å². The predicted molar refractivity (Wildman–Crippen MR) is 116 cm³/mol. The summed E-state index contributed by atoms with van der Waals surface area (Å²) >= 11 is 0. The Hall–Kier alpha value is -2.98. The molecule has 1 unspecified atom stereocenters. The van der Waals surface area contributed by atoms with Gasteiger partial charge in [0.1, 0.15) is 11.9 Å². The Morgan fingerprint density at radius 1 is 0.931 bits per heavy atom. The lowest BCUT2D eigenvalue weighted by atomic mass is 10.0. The summed E-state index contributed by atoms with van der Waals surface area (Å²) < 4.78 is 13.3. The molecule has 0 aliphatic heterocycles. The van der Waals surface area contributed by atoms with Gasteiger partial charge in [0.25, 0.3) is 0 Å². The van der Waals surface area contributed by atoms with Crippen molar-refractivity contribution in [2.24, 2.45) is 5.73 Å². The number of halogens is 1. The number of anilines is 1. The molecule has 3 aromatic carbocycles. The van der Waals surface area contributed by atoms with Gasteiger partial charge >= 0.3 is 0 Å². The molecule has 3 aromatic rings. The van der Waals surface area contributed by atoms with Gasteiger partial charge in [-0.05, 0) is 73.7 Å². The standard InChI is InChI=1S/C25H27FN2O/c1-17-4-7-20(8-5-17)14-15-28(23-13-6-18(2)19(3)16-23)25(29)24(27)21-9-11-22(26)12-10-21/h4-13,16,24H,14-15,27H2,1-3H3. The molecule has 0 aromatic heterocycles. The van der Waals surface area contributed by atoms with E-state index < -0.39 is 6.04 Å². The molecule has 0 aliphatic carbocycles. The summed E-state index contributed by atoms with van der Waals surface area (Å²) in [5.41, 5.74) is 12.3. The second kappa shape index (κ2) is 9.01. The van der Waals surface area contributed by atoms with Crippen molar-refractivity contribution in [3.8, 4) is 0 Å². The topological polar surface area (TPSA) is 46.3 Å². The average Bonchev–Trinajstić information content (AvgIpc) is 2.72. The van der Waals surface area contributed by atoms with Gasteiger partial charge in [0.2, 0.25) is 5.91 Å². The summed E-state index contributed by atoms with van der Waals surface area (Å²) in [6.45, 7) is 6.64. The molecule has 1 atom stereocenters. The first-order valence-corrected chi connectivity index (χ1v) is 9.80. The SMILES string of the molecule is Cc1ccc(CCN(C(=O)C(N)c2ccc(F)cc2)c2ccc(C)c(C)c2)cc1. The van der Waals surface area contributed by atoms with Crippen molar-refractivity contribution < 1.29 is 9.18 Å². The van der Waals surface area contributed by atoms with Crippen LogP contribution < -0.4 is 10.6 Å². The van der Waals surface area contributed by atoms with Gasteiger partial charge in [0, 0.05) is 12.2 Å². The minimum atomic E-state index is -0.852. The number of carbonyl (C=O) groups is 1. The molecule has 0 spiro atoms. The van der Waals surface area contributed by atoms with Crippen molar-refractivity contribution in [1.29, 1.82) is 0 Å². The first kappa shape index (κ1) is 20.7. The van der Waals surface area contributed by atoms with Crippen molar-refractivity contribution in [1.82, 2.24) is 0 Å². The molecule has 4 heteroatoms. The third-order valence-electron chi connectivity index (χ3n) is 5.31. The smallest absolute Gasteiger partial charge is 0.248 e. The summed E-state index contributed by atoms with van der Waals surface area (Å²) in [5.74, 6) is -0.550. The van der Waals surface area contributed by atoms with E-state index in [1.54, 1.807) is 17.0 Å². The zero-order valence-corrected chi connectivity index (χ0v) is 17.2. The second-order valence-corrected chi connectivity index (χ2v) is 7.52. The number of aryl methyl sites for hydroxylation is 3. The van der Waals surface area contributed by atoms with Gasteiger partial charge in [-0.15, -0.1) is 0 Å². The summed E-state index contributed by atoms with van der Waals surface area (Å²) in [6, 6.07) is 19.2. The van der Waals surface area contributed by atoms with E-state index in [9.17, 15) is 9.18 Å². The highest BCUT2D eigenvalue weighted by molar-refractivity contribution is 5.97. The van der Waals surface area contributed by atoms with Gasteiger partial charge in [0.05, 0.1) is 0 Å². The van der Waals surface area contributed by atoms with Crippen LogP contribution in [0.2, 0.25) is 0 Å². The Morgan fingerprint density at radius 3 is 2.21 bits per heavy atom. The number of hydrogen-bond acceptors (Lipinski definition) is 2. The van der Waals surface area contributed by atoms with Crippen LogP contribution in [0.1, 0.15) is 33.9 Å². The number of carbonyl (C=O) groups excluding carboxylic acids is 1. The van der Waals surface area contributed by atoms with Crippen LogP contribution in [0.15, 0.2) is 66.7 Å². The molecule has 0 bridgehead atoms. The van der Waals surface area contributed by atoms with Gasteiger partial charge in [-0.2, -0.15) is 0 Å². The van der Waals surface area contributed by atoms with Crippen LogP contribution >= 0.6 is 0 Å². The van der Waals surface area contributed by atoms with Crippen LogP contribution in [-0.4, -0.2) is 12.5 Å². The maximum atomic E-state index is 13.3. The molecular formula is C25H27FN2O. The van der Waals surface area contributed by atoms with Crippen LogP contribution in [0.25, 0.3) is 0 Å². The quantitative estimate of drug-likeness (QED) is 0.642. The molecule has 3 rings (SSSR count). The fourth-order valence-corrected chi connectivity index (χ4v) is 3.24. The summed E-state index contributed by atoms with van der Waals surface area (Å²) in [4.78, 5) is 15.0. The van der Waals surface area contributed by atoms with Crippen molar-refractivity contribution >= 4 is 11.6 Å². The lowest BCUT2D eigenvalue weighted by Gasteiger charge is -2.27. The van der Waals surface area contributed by atoms with E-state index in [4.69, 9.17) is 5.73 Å². The molecule has 0 saturated heterocycles. The Bertz CT molecular complexity index is 981. The van der Waals surface area contributed by atoms with Crippen molar-refractivity contribution in [3.63, 3.8) is 0 Å². The highest BCUT2D eigenvalue weighted by Crippen LogP contribution is 2.23. The van der Waals surface area contributed by atoms with Crippen molar-refractivity contribution in [3.05, 3.63) is 100 Å².